The van der Waals surface area contributed by atoms with Gasteiger partial charge in [0.1, 0.15) is 0 Å². The van der Waals surface area contributed by atoms with Crippen LogP contribution in [0.15, 0.2) is 64.6 Å². The SMILES string of the molecule is Cn1cnc(S(=O)(=O)N2CC(NCc3ccc(Cl)cc3Br)C(c3ccccn3)C2)c1. The molecule has 0 amide bonds. The number of aromatic nitrogens is 3. The van der Waals surface area contributed by atoms with E-state index in [-0.39, 0.29) is 17.0 Å². The minimum atomic E-state index is -3.68. The third-order valence-electron chi connectivity index (χ3n) is 5.21. The number of nitrogens with zero attached hydrogens (tertiary/aromatic N) is 4. The van der Waals surface area contributed by atoms with E-state index in [0.717, 1.165) is 15.7 Å². The summed E-state index contributed by atoms with van der Waals surface area (Å²) >= 11 is 9.58. The van der Waals surface area contributed by atoms with E-state index in [2.05, 4.69) is 31.2 Å². The minimum absolute atomic E-state index is 0.0610. The number of rotatable bonds is 6. The maximum atomic E-state index is 13.1. The maximum Gasteiger partial charge on any atom is 0.262 e. The Kier molecular flexibility index (Phi) is 6.26. The Balaban J connectivity index is 1.58. The van der Waals surface area contributed by atoms with E-state index in [0.29, 0.717) is 24.7 Å². The van der Waals surface area contributed by atoms with Crippen molar-refractivity contribution in [3.8, 4) is 0 Å². The Morgan fingerprint density at radius 2 is 2.07 bits per heavy atom. The molecule has 0 aliphatic carbocycles. The van der Waals surface area contributed by atoms with Gasteiger partial charge in [-0.1, -0.05) is 39.7 Å². The van der Waals surface area contributed by atoms with E-state index >= 15 is 0 Å². The summed E-state index contributed by atoms with van der Waals surface area (Å²) in [4.78, 5) is 8.53. The van der Waals surface area contributed by atoms with Crippen molar-refractivity contribution in [1.82, 2.24) is 24.2 Å². The lowest BCUT2D eigenvalue weighted by atomic mass is 9.99. The Labute approximate surface area is 189 Å². The predicted octanol–water partition coefficient (Wildman–Crippen LogP) is 3.18. The van der Waals surface area contributed by atoms with Crippen molar-refractivity contribution in [3.05, 3.63) is 75.9 Å². The molecular formula is C20H21BrClN5O2S. The summed E-state index contributed by atoms with van der Waals surface area (Å²) in [6.07, 6.45) is 4.75. The molecule has 10 heteroatoms. The summed E-state index contributed by atoms with van der Waals surface area (Å²) in [7, 11) is -1.93. The number of nitrogens with one attached hydrogen (secondary N) is 1. The summed E-state index contributed by atoms with van der Waals surface area (Å²) in [5, 5.41) is 4.24. The van der Waals surface area contributed by atoms with Crippen molar-refractivity contribution in [3.63, 3.8) is 0 Å². The van der Waals surface area contributed by atoms with Crippen LogP contribution in [-0.2, 0) is 23.6 Å². The number of hydrogen-bond acceptors (Lipinski definition) is 5. The molecule has 1 saturated heterocycles. The zero-order chi connectivity index (χ0) is 21.3. The summed E-state index contributed by atoms with van der Waals surface area (Å²) in [5.41, 5.74) is 1.91. The van der Waals surface area contributed by atoms with Crippen molar-refractivity contribution in [1.29, 1.82) is 0 Å². The summed E-state index contributed by atoms with van der Waals surface area (Å²) in [5.74, 6) is -0.0734. The highest BCUT2D eigenvalue weighted by atomic mass is 79.9. The molecule has 2 unspecified atom stereocenters. The van der Waals surface area contributed by atoms with Gasteiger partial charge in [0, 0.05) is 66.2 Å². The molecule has 2 aromatic heterocycles. The first kappa shape index (κ1) is 21.5. The molecule has 1 N–H and O–H groups in total. The fourth-order valence-electron chi connectivity index (χ4n) is 3.63. The molecule has 1 aliphatic heterocycles. The number of sulfonamides is 1. The Hall–Kier alpha value is -1.78. The van der Waals surface area contributed by atoms with Gasteiger partial charge in [0.05, 0.1) is 6.33 Å². The quantitative estimate of drug-likeness (QED) is 0.551. The van der Waals surface area contributed by atoms with E-state index in [1.807, 2.05) is 36.4 Å². The van der Waals surface area contributed by atoms with Crippen LogP contribution in [0.1, 0.15) is 17.2 Å². The molecule has 2 atom stereocenters. The van der Waals surface area contributed by atoms with Crippen molar-refractivity contribution in [2.45, 2.75) is 23.5 Å². The highest BCUT2D eigenvalue weighted by Crippen LogP contribution is 2.31. The van der Waals surface area contributed by atoms with Gasteiger partial charge in [-0.05, 0) is 29.8 Å². The second-order valence-electron chi connectivity index (χ2n) is 7.28. The summed E-state index contributed by atoms with van der Waals surface area (Å²) < 4.78 is 30.3. The van der Waals surface area contributed by atoms with Crippen LogP contribution in [0.4, 0.5) is 0 Å². The first-order chi connectivity index (χ1) is 14.3. The molecule has 0 saturated carbocycles. The molecule has 3 heterocycles. The number of benzene rings is 1. The largest absolute Gasteiger partial charge is 0.339 e. The first-order valence-corrected chi connectivity index (χ1v) is 12.0. The van der Waals surface area contributed by atoms with Gasteiger partial charge < -0.3 is 9.88 Å². The Morgan fingerprint density at radius 3 is 2.73 bits per heavy atom. The average Bonchev–Trinajstić information content (AvgIpc) is 3.35. The third kappa shape index (κ3) is 4.45. The molecular weight excluding hydrogens is 490 g/mol. The molecule has 4 rings (SSSR count). The molecule has 0 radical (unpaired) electrons. The van der Waals surface area contributed by atoms with E-state index in [1.54, 1.807) is 17.8 Å². The van der Waals surface area contributed by atoms with Gasteiger partial charge in [-0.15, -0.1) is 0 Å². The first-order valence-electron chi connectivity index (χ1n) is 9.41. The lowest BCUT2D eigenvalue weighted by Gasteiger charge is -2.20. The fraction of sp³-hybridized carbons (Fsp3) is 0.300. The molecule has 0 spiro atoms. The molecule has 1 aliphatic rings. The van der Waals surface area contributed by atoms with Gasteiger partial charge in [-0.25, -0.2) is 13.4 Å². The highest BCUT2D eigenvalue weighted by Gasteiger charge is 2.41. The van der Waals surface area contributed by atoms with Crippen LogP contribution >= 0.6 is 27.5 Å². The molecule has 7 nitrogen and oxygen atoms in total. The molecule has 30 heavy (non-hydrogen) atoms. The second kappa shape index (κ2) is 8.76. The molecule has 158 valence electrons. The Bertz CT molecular complexity index is 1140. The van der Waals surface area contributed by atoms with E-state index in [9.17, 15) is 8.42 Å². The van der Waals surface area contributed by atoms with Gasteiger partial charge in [-0.3, -0.25) is 4.98 Å². The number of aryl methyl sites for hydroxylation is 1. The lowest BCUT2D eigenvalue weighted by molar-refractivity contribution is 0.453. The maximum absolute atomic E-state index is 13.1. The van der Waals surface area contributed by atoms with E-state index < -0.39 is 10.0 Å². The topological polar surface area (TPSA) is 80.1 Å². The van der Waals surface area contributed by atoms with Crippen molar-refractivity contribution >= 4 is 37.6 Å². The minimum Gasteiger partial charge on any atom is -0.339 e. The standard InChI is InChI=1S/C20H21BrClN5O2S/c1-26-12-20(25-13-26)30(28,29)27-10-16(18-4-2-3-7-23-18)19(11-27)24-9-14-5-6-15(22)8-17(14)21/h2-8,12-13,16,19,24H,9-11H2,1H3. The predicted molar refractivity (Wildman–Crippen MR) is 119 cm³/mol. The molecule has 1 fully saturated rings. The fourth-order valence-corrected chi connectivity index (χ4v) is 5.91. The Morgan fingerprint density at radius 1 is 1.23 bits per heavy atom. The smallest absolute Gasteiger partial charge is 0.262 e. The summed E-state index contributed by atoms with van der Waals surface area (Å²) in [6.45, 7) is 1.25. The average molecular weight is 511 g/mol. The number of imidazole rings is 1. The van der Waals surface area contributed by atoms with E-state index in [4.69, 9.17) is 11.6 Å². The van der Waals surface area contributed by atoms with Crippen LogP contribution in [0, 0.1) is 0 Å². The van der Waals surface area contributed by atoms with Gasteiger partial charge in [-0.2, -0.15) is 4.31 Å². The normalized spacial score (nSPS) is 20.0. The van der Waals surface area contributed by atoms with Gasteiger partial charge in [0.15, 0.2) is 5.03 Å². The molecule has 1 aromatic carbocycles. The van der Waals surface area contributed by atoms with Gasteiger partial charge in [0.2, 0.25) is 0 Å². The lowest BCUT2D eigenvalue weighted by Crippen LogP contribution is -2.36. The highest BCUT2D eigenvalue weighted by molar-refractivity contribution is 9.10. The van der Waals surface area contributed by atoms with Crippen LogP contribution in [0.3, 0.4) is 0 Å². The number of halogens is 2. The van der Waals surface area contributed by atoms with Crippen LogP contribution in [-0.4, -0.2) is 46.4 Å². The van der Waals surface area contributed by atoms with Crippen LogP contribution in [0.25, 0.3) is 0 Å². The van der Waals surface area contributed by atoms with Crippen molar-refractivity contribution < 1.29 is 8.42 Å². The monoisotopic (exact) mass is 509 g/mol. The third-order valence-corrected chi connectivity index (χ3v) is 7.90. The van der Waals surface area contributed by atoms with E-state index in [1.165, 1.54) is 16.8 Å². The zero-order valence-electron chi connectivity index (χ0n) is 16.2. The van der Waals surface area contributed by atoms with Crippen molar-refractivity contribution in [2.75, 3.05) is 13.1 Å². The molecule has 0 bridgehead atoms. The van der Waals surface area contributed by atoms with Gasteiger partial charge >= 0.3 is 0 Å². The van der Waals surface area contributed by atoms with Crippen molar-refractivity contribution in [2.24, 2.45) is 7.05 Å². The van der Waals surface area contributed by atoms with Gasteiger partial charge in [0.25, 0.3) is 10.0 Å². The van der Waals surface area contributed by atoms with Crippen LogP contribution in [0.2, 0.25) is 5.02 Å². The zero-order valence-corrected chi connectivity index (χ0v) is 19.4. The molecule has 3 aromatic rings. The number of hydrogen-bond donors (Lipinski definition) is 1. The van der Waals surface area contributed by atoms with Crippen LogP contribution < -0.4 is 5.32 Å². The summed E-state index contributed by atoms with van der Waals surface area (Å²) in [6, 6.07) is 11.3. The van der Waals surface area contributed by atoms with Crippen LogP contribution in [0.5, 0.6) is 0 Å². The second-order valence-corrected chi connectivity index (χ2v) is 10.5. The number of pyridine rings is 1.